The quantitative estimate of drug-likeness (QED) is 0.525. The van der Waals surface area contributed by atoms with E-state index in [-0.39, 0.29) is 12.4 Å². The van der Waals surface area contributed by atoms with Crippen molar-refractivity contribution in [3.8, 4) is 5.75 Å². The standard InChI is InChI=1S/C21H29NO6S2/c1-26-11-14-9-15-16(18(23)10-14)12-30-13-17(21(25)27-2)22-19(29)7-5-3-4-6-8-28-20(15)24/h9-10,17,23H,3-8,11-13H2,1-2H3,(H,22,29)/t17-/m0/s1. The first kappa shape index (κ1) is 24.4. The van der Waals surface area contributed by atoms with Gasteiger partial charge in [-0.25, -0.2) is 9.59 Å². The Labute approximate surface area is 186 Å². The van der Waals surface area contributed by atoms with Crippen molar-refractivity contribution < 1.29 is 28.9 Å². The van der Waals surface area contributed by atoms with Crippen molar-refractivity contribution in [2.24, 2.45) is 0 Å². The Morgan fingerprint density at radius 2 is 2.07 bits per heavy atom. The van der Waals surface area contributed by atoms with Crippen LogP contribution in [0.3, 0.4) is 0 Å². The lowest BCUT2D eigenvalue weighted by atomic mass is 10.0. The van der Waals surface area contributed by atoms with Crippen molar-refractivity contribution >= 4 is 40.9 Å². The molecule has 1 aliphatic heterocycles. The Balaban J connectivity index is 2.26. The topological polar surface area (TPSA) is 94.1 Å². The molecule has 7 nitrogen and oxygen atoms in total. The Hall–Kier alpha value is -1.84. The van der Waals surface area contributed by atoms with Crippen LogP contribution in [0.4, 0.5) is 0 Å². The summed E-state index contributed by atoms with van der Waals surface area (Å²) in [5, 5.41) is 13.6. The third-order valence-electron chi connectivity index (χ3n) is 4.70. The van der Waals surface area contributed by atoms with Crippen LogP contribution in [-0.2, 0) is 31.4 Å². The van der Waals surface area contributed by atoms with Crippen molar-refractivity contribution in [1.29, 1.82) is 0 Å². The van der Waals surface area contributed by atoms with E-state index in [1.54, 1.807) is 19.2 Å². The zero-order valence-corrected chi connectivity index (χ0v) is 19.0. The molecule has 9 heteroatoms. The second-order valence-corrected chi connectivity index (χ2v) is 8.56. The molecule has 0 radical (unpaired) electrons. The Kier molecular flexibility index (Phi) is 10.4. The average Bonchev–Trinajstić information content (AvgIpc) is 2.72. The van der Waals surface area contributed by atoms with Gasteiger partial charge in [0.25, 0.3) is 0 Å². The molecular weight excluding hydrogens is 426 g/mol. The van der Waals surface area contributed by atoms with Gasteiger partial charge in [-0.3, -0.25) is 0 Å². The Morgan fingerprint density at radius 1 is 1.30 bits per heavy atom. The number of thioether (sulfide) groups is 1. The highest BCUT2D eigenvalue weighted by Gasteiger charge is 2.23. The summed E-state index contributed by atoms with van der Waals surface area (Å²) in [4.78, 5) is 25.5. The van der Waals surface area contributed by atoms with Crippen molar-refractivity contribution in [1.82, 2.24) is 5.32 Å². The fourth-order valence-electron chi connectivity index (χ4n) is 3.14. The summed E-state index contributed by atoms with van der Waals surface area (Å²) in [7, 11) is 2.89. The van der Waals surface area contributed by atoms with E-state index >= 15 is 0 Å². The molecule has 0 spiro atoms. The summed E-state index contributed by atoms with van der Waals surface area (Å²) in [5.74, 6) is -0.158. The lowest BCUT2D eigenvalue weighted by Crippen LogP contribution is -2.42. The van der Waals surface area contributed by atoms with E-state index < -0.39 is 18.0 Å². The first-order valence-corrected chi connectivity index (χ1v) is 11.5. The number of benzene rings is 1. The van der Waals surface area contributed by atoms with Gasteiger partial charge in [-0.1, -0.05) is 25.1 Å². The van der Waals surface area contributed by atoms with Crippen LogP contribution in [0.1, 0.15) is 53.6 Å². The van der Waals surface area contributed by atoms with Crippen LogP contribution in [0, 0.1) is 0 Å². The number of carbonyl (C=O) groups is 2. The average molecular weight is 456 g/mol. The molecule has 0 aromatic heterocycles. The molecule has 30 heavy (non-hydrogen) atoms. The van der Waals surface area contributed by atoms with Crippen LogP contribution in [0.5, 0.6) is 5.75 Å². The molecule has 0 saturated heterocycles. The summed E-state index contributed by atoms with van der Waals surface area (Å²) in [6, 6.07) is 2.68. The first-order chi connectivity index (χ1) is 14.5. The number of esters is 2. The summed E-state index contributed by atoms with van der Waals surface area (Å²) < 4.78 is 15.5. The SMILES string of the molecule is COCc1cc(O)c2c(c1)C(=O)OCCCCCCC(=S)N[C@H](C(=O)OC)CSC2. The molecule has 2 rings (SSSR count). The summed E-state index contributed by atoms with van der Waals surface area (Å²) in [6.45, 7) is 0.598. The van der Waals surface area contributed by atoms with E-state index in [0.717, 1.165) is 25.7 Å². The monoisotopic (exact) mass is 455 g/mol. The number of phenolic OH excluding ortho intramolecular Hbond substituents is 1. The lowest BCUT2D eigenvalue weighted by Gasteiger charge is -2.19. The van der Waals surface area contributed by atoms with Gasteiger partial charge in [0.1, 0.15) is 11.8 Å². The number of ether oxygens (including phenoxy) is 3. The summed E-state index contributed by atoms with van der Waals surface area (Å²) >= 11 is 6.78. The molecule has 0 unspecified atom stereocenters. The van der Waals surface area contributed by atoms with Gasteiger partial charge in [0.2, 0.25) is 0 Å². The van der Waals surface area contributed by atoms with Gasteiger partial charge in [-0.05, 0) is 37.0 Å². The number of carbonyl (C=O) groups excluding carboxylic acids is 2. The Bertz CT molecular complexity index is 755. The normalized spacial score (nSPS) is 19.3. The number of rotatable bonds is 3. The van der Waals surface area contributed by atoms with Gasteiger partial charge in [0.05, 0.1) is 30.9 Å². The molecule has 166 valence electrons. The number of cyclic esters (lactones) is 1. The van der Waals surface area contributed by atoms with E-state index in [1.807, 2.05) is 0 Å². The van der Waals surface area contributed by atoms with Gasteiger partial charge in [-0.2, -0.15) is 11.8 Å². The number of hydrogen-bond donors (Lipinski definition) is 2. The molecule has 1 aromatic rings. The van der Waals surface area contributed by atoms with Gasteiger partial charge < -0.3 is 24.6 Å². The molecule has 1 aromatic carbocycles. The summed E-state index contributed by atoms with van der Waals surface area (Å²) in [6.07, 6.45) is 4.21. The van der Waals surface area contributed by atoms with E-state index in [2.05, 4.69) is 5.32 Å². The molecule has 0 bridgehead atoms. The maximum absolute atomic E-state index is 12.7. The number of fused-ring (bicyclic) bond motifs is 1. The zero-order chi connectivity index (χ0) is 21.9. The third-order valence-corrected chi connectivity index (χ3v) is 6.08. The number of phenols is 1. The minimum Gasteiger partial charge on any atom is -0.508 e. The Morgan fingerprint density at radius 3 is 2.80 bits per heavy atom. The molecule has 1 atom stereocenters. The number of nitrogens with one attached hydrogen (secondary N) is 1. The summed E-state index contributed by atoms with van der Waals surface area (Å²) in [5.41, 5.74) is 1.48. The second kappa shape index (κ2) is 12.8. The molecule has 0 amide bonds. The van der Waals surface area contributed by atoms with Gasteiger partial charge in [0, 0.05) is 24.2 Å². The van der Waals surface area contributed by atoms with Crippen LogP contribution in [0.25, 0.3) is 0 Å². The molecule has 0 fully saturated rings. The number of thiocarbonyl (C=S) groups is 1. The largest absolute Gasteiger partial charge is 0.508 e. The van der Waals surface area contributed by atoms with Crippen LogP contribution >= 0.6 is 24.0 Å². The molecule has 1 aliphatic rings. The van der Waals surface area contributed by atoms with Gasteiger partial charge >= 0.3 is 11.9 Å². The van der Waals surface area contributed by atoms with E-state index in [4.69, 9.17) is 26.4 Å². The predicted octanol–water partition coefficient (Wildman–Crippen LogP) is 3.35. The molecule has 0 aliphatic carbocycles. The molecule has 1 heterocycles. The van der Waals surface area contributed by atoms with Crippen LogP contribution in [0.15, 0.2) is 12.1 Å². The van der Waals surface area contributed by atoms with Crippen LogP contribution < -0.4 is 5.32 Å². The van der Waals surface area contributed by atoms with Crippen molar-refractivity contribution in [3.63, 3.8) is 0 Å². The van der Waals surface area contributed by atoms with Gasteiger partial charge in [0.15, 0.2) is 0 Å². The minimum absolute atomic E-state index is 0.00298. The number of aromatic hydroxyl groups is 1. The molecular formula is C21H29NO6S2. The van der Waals surface area contributed by atoms with E-state index in [9.17, 15) is 14.7 Å². The maximum Gasteiger partial charge on any atom is 0.338 e. The lowest BCUT2D eigenvalue weighted by molar-refractivity contribution is -0.142. The maximum atomic E-state index is 12.7. The zero-order valence-electron chi connectivity index (χ0n) is 17.4. The smallest absolute Gasteiger partial charge is 0.338 e. The fourth-order valence-corrected chi connectivity index (χ4v) is 4.51. The van der Waals surface area contributed by atoms with Crippen LogP contribution in [0.2, 0.25) is 0 Å². The highest BCUT2D eigenvalue weighted by molar-refractivity contribution is 7.98. The highest BCUT2D eigenvalue weighted by atomic mass is 32.2. The first-order valence-electron chi connectivity index (χ1n) is 9.92. The molecule has 2 N–H and O–H groups in total. The van der Waals surface area contributed by atoms with Crippen LogP contribution in [-0.4, -0.2) is 54.7 Å². The van der Waals surface area contributed by atoms with Gasteiger partial charge in [-0.15, -0.1) is 0 Å². The van der Waals surface area contributed by atoms with Crippen molar-refractivity contribution in [2.75, 3.05) is 26.6 Å². The highest BCUT2D eigenvalue weighted by Crippen LogP contribution is 2.29. The van der Waals surface area contributed by atoms with E-state index in [0.29, 0.717) is 46.2 Å². The number of methoxy groups -OCH3 is 2. The minimum atomic E-state index is -0.592. The second-order valence-electron chi connectivity index (χ2n) is 7.03. The third kappa shape index (κ3) is 7.45. The van der Waals surface area contributed by atoms with E-state index in [1.165, 1.54) is 18.9 Å². The number of hydrogen-bond acceptors (Lipinski definition) is 8. The fraction of sp³-hybridized carbons (Fsp3) is 0.571. The predicted molar refractivity (Wildman–Crippen MR) is 120 cm³/mol. The van der Waals surface area contributed by atoms with Crippen molar-refractivity contribution in [2.45, 2.75) is 50.5 Å². The molecule has 0 saturated carbocycles. The van der Waals surface area contributed by atoms with Crippen molar-refractivity contribution in [3.05, 3.63) is 28.8 Å².